The fraction of sp³-hybridized carbons (Fsp3) is 0.235. The van der Waals surface area contributed by atoms with Crippen molar-refractivity contribution in [3.8, 4) is 0 Å². The van der Waals surface area contributed by atoms with E-state index in [1.165, 1.54) is 5.56 Å². The van der Waals surface area contributed by atoms with Gasteiger partial charge in [-0.05, 0) is 47.9 Å². The highest BCUT2D eigenvalue weighted by Gasteiger charge is 2.18. The molecule has 1 aliphatic heterocycles. The van der Waals surface area contributed by atoms with Crippen LogP contribution >= 0.6 is 15.9 Å². The summed E-state index contributed by atoms with van der Waals surface area (Å²) in [6, 6.07) is 14.7. The van der Waals surface area contributed by atoms with Crippen molar-refractivity contribution in [3.63, 3.8) is 0 Å². The van der Waals surface area contributed by atoms with Crippen LogP contribution in [0.4, 0.5) is 11.4 Å². The summed E-state index contributed by atoms with van der Waals surface area (Å²) >= 11 is 3.46. The van der Waals surface area contributed by atoms with Crippen molar-refractivity contribution in [3.05, 3.63) is 58.1 Å². The maximum atomic E-state index is 11.4. The van der Waals surface area contributed by atoms with E-state index in [1.807, 2.05) is 12.1 Å². The van der Waals surface area contributed by atoms with E-state index in [1.54, 1.807) is 0 Å². The van der Waals surface area contributed by atoms with E-state index in [0.717, 1.165) is 27.8 Å². The minimum atomic E-state index is 0.0714. The summed E-state index contributed by atoms with van der Waals surface area (Å²) in [7, 11) is 0. The van der Waals surface area contributed by atoms with Crippen LogP contribution in [-0.4, -0.2) is 5.91 Å². The Labute approximate surface area is 132 Å². The Morgan fingerprint density at radius 2 is 2.00 bits per heavy atom. The fourth-order valence-corrected chi connectivity index (χ4v) is 2.90. The number of carbonyl (C=O) groups excluding carboxylic acids is 1. The molecule has 4 heteroatoms. The van der Waals surface area contributed by atoms with Crippen molar-refractivity contribution < 1.29 is 4.79 Å². The maximum Gasteiger partial charge on any atom is 0.228 e. The largest absolute Gasteiger partial charge is 0.378 e. The normalized spacial score (nSPS) is 14.5. The second-order valence-corrected chi connectivity index (χ2v) is 6.17. The van der Waals surface area contributed by atoms with Crippen molar-refractivity contribution >= 4 is 33.2 Å². The molecule has 21 heavy (non-hydrogen) atoms. The number of nitrogens with one attached hydrogen (secondary N) is 2. The number of hydrogen-bond donors (Lipinski definition) is 2. The first-order valence-corrected chi connectivity index (χ1v) is 7.90. The van der Waals surface area contributed by atoms with E-state index in [9.17, 15) is 4.79 Å². The van der Waals surface area contributed by atoms with Gasteiger partial charge in [0.25, 0.3) is 0 Å². The zero-order valence-corrected chi connectivity index (χ0v) is 13.4. The van der Waals surface area contributed by atoms with Crippen molar-refractivity contribution in [2.45, 2.75) is 25.8 Å². The number of rotatable bonds is 4. The highest BCUT2D eigenvalue weighted by atomic mass is 79.9. The Morgan fingerprint density at radius 3 is 2.71 bits per heavy atom. The number of amides is 1. The Hall–Kier alpha value is -1.81. The minimum Gasteiger partial charge on any atom is -0.378 e. The molecule has 0 aliphatic carbocycles. The Kier molecular flexibility index (Phi) is 3.97. The van der Waals surface area contributed by atoms with Crippen LogP contribution in [0.15, 0.2) is 46.9 Å². The van der Waals surface area contributed by atoms with Crippen LogP contribution in [-0.2, 0) is 11.2 Å². The summed E-state index contributed by atoms with van der Waals surface area (Å²) < 4.78 is 1.09. The van der Waals surface area contributed by atoms with Gasteiger partial charge in [-0.25, -0.2) is 0 Å². The fourth-order valence-electron chi connectivity index (χ4n) is 2.64. The predicted molar refractivity (Wildman–Crippen MR) is 89.6 cm³/mol. The number of fused-ring (bicyclic) bond motifs is 1. The molecular weight excluding hydrogens is 328 g/mol. The molecule has 0 aromatic heterocycles. The third kappa shape index (κ3) is 3.10. The molecule has 1 atom stereocenters. The lowest BCUT2D eigenvalue weighted by atomic mass is 10.0. The van der Waals surface area contributed by atoms with E-state index in [-0.39, 0.29) is 11.9 Å². The lowest BCUT2D eigenvalue weighted by molar-refractivity contribution is -0.115. The second-order valence-electron chi connectivity index (χ2n) is 5.25. The SMILES string of the molecule is CCC(Nc1ccc2c(c1)CC(=O)N2)c1ccc(Br)cc1. The molecule has 0 saturated heterocycles. The van der Waals surface area contributed by atoms with Crippen LogP contribution < -0.4 is 10.6 Å². The average Bonchev–Trinajstić information content (AvgIpc) is 2.85. The first-order chi connectivity index (χ1) is 10.2. The number of anilines is 2. The van der Waals surface area contributed by atoms with Crippen LogP contribution in [0, 0.1) is 0 Å². The predicted octanol–water partition coefficient (Wildman–Crippen LogP) is 4.51. The molecule has 1 amide bonds. The zero-order valence-electron chi connectivity index (χ0n) is 11.8. The molecule has 3 rings (SSSR count). The van der Waals surface area contributed by atoms with E-state index < -0.39 is 0 Å². The van der Waals surface area contributed by atoms with Crippen molar-refractivity contribution in [1.82, 2.24) is 0 Å². The van der Waals surface area contributed by atoms with E-state index in [0.29, 0.717) is 6.42 Å². The smallest absolute Gasteiger partial charge is 0.228 e. The van der Waals surface area contributed by atoms with Crippen LogP contribution in [0.5, 0.6) is 0 Å². The number of carbonyl (C=O) groups is 1. The van der Waals surface area contributed by atoms with Crippen LogP contribution in [0.1, 0.15) is 30.5 Å². The molecule has 0 radical (unpaired) electrons. The van der Waals surface area contributed by atoms with Crippen LogP contribution in [0.2, 0.25) is 0 Å². The first kappa shape index (κ1) is 14.1. The van der Waals surface area contributed by atoms with Gasteiger partial charge in [0.2, 0.25) is 5.91 Å². The van der Waals surface area contributed by atoms with Crippen molar-refractivity contribution in [2.75, 3.05) is 10.6 Å². The monoisotopic (exact) mass is 344 g/mol. The molecule has 0 spiro atoms. The standard InChI is InChI=1S/C17H17BrN2O/c1-2-15(11-3-5-13(18)6-4-11)19-14-7-8-16-12(9-14)10-17(21)20-16/h3-9,15,19H,2,10H2,1H3,(H,20,21). The Bertz CT molecular complexity index is 667. The third-order valence-corrected chi connectivity index (χ3v) is 4.28. The van der Waals surface area contributed by atoms with Gasteiger partial charge in [0, 0.05) is 15.8 Å². The topological polar surface area (TPSA) is 41.1 Å². The van der Waals surface area contributed by atoms with Gasteiger partial charge in [-0.2, -0.15) is 0 Å². The van der Waals surface area contributed by atoms with Gasteiger partial charge in [-0.3, -0.25) is 4.79 Å². The summed E-state index contributed by atoms with van der Waals surface area (Å²) in [5.41, 5.74) is 4.31. The third-order valence-electron chi connectivity index (χ3n) is 3.75. The van der Waals surface area contributed by atoms with Gasteiger partial charge in [0.1, 0.15) is 0 Å². The molecule has 2 aromatic carbocycles. The molecule has 0 saturated carbocycles. The summed E-state index contributed by atoms with van der Waals surface area (Å²) in [5, 5.41) is 6.41. The molecule has 0 fully saturated rings. The average molecular weight is 345 g/mol. The number of hydrogen-bond acceptors (Lipinski definition) is 2. The molecule has 108 valence electrons. The van der Waals surface area contributed by atoms with Crippen LogP contribution in [0.3, 0.4) is 0 Å². The lowest BCUT2D eigenvalue weighted by Crippen LogP contribution is -2.09. The van der Waals surface area contributed by atoms with Gasteiger partial charge < -0.3 is 10.6 Å². The number of benzene rings is 2. The highest BCUT2D eigenvalue weighted by Crippen LogP contribution is 2.29. The highest BCUT2D eigenvalue weighted by molar-refractivity contribution is 9.10. The summed E-state index contributed by atoms with van der Waals surface area (Å²) in [5.74, 6) is 0.0714. The first-order valence-electron chi connectivity index (χ1n) is 7.10. The quantitative estimate of drug-likeness (QED) is 0.856. The van der Waals surface area contributed by atoms with Crippen molar-refractivity contribution in [1.29, 1.82) is 0 Å². The van der Waals surface area contributed by atoms with Crippen LogP contribution in [0.25, 0.3) is 0 Å². The Morgan fingerprint density at radius 1 is 1.24 bits per heavy atom. The molecule has 3 nitrogen and oxygen atoms in total. The summed E-state index contributed by atoms with van der Waals surface area (Å²) in [4.78, 5) is 11.4. The molecule has 1 heterocycles. The molecule has 0 bridgehead atoms. The van der Waals surface area contributed by atoms with E-state index in [4.69, 9.17) is 0 Å². The Balaban J connectivity index is 1.80. The molecule has 1 unspecified atom stereocenters. The number of halogens is 1. The molecular formula is C17H17BrN2O. The minimum absolute atomic E-state index is 0.0714. The molecule has 2 N–H and O–H groups in total. The maximum absolute atomic E-state index is 11.4. The van der Waals surface area contributed by atoms with Gasteiger partial charge in [-0.1, -0.05) is 35.0 Å². The zero-order chi connectivity index (χ0) is 14.8. The summed E-state index contributed by atoms with van der Waals surface area (Å²) in [6.45, 7) is 2.16. The summed E-state index contributed by atoms with van der Waals surface area (Å²) in [6.07, 6.45) is 1.47. The van der Waals surface area contributed by atoms with E-state index in [2.05, 4.69) is 63.8 Å². The molecule has 2 aromatic rings. The van der Waals surface area contributed by atoms with E-state index >= 15 is 0 Å². The lowest BCUT2D eigenvalue weighted by Gasteiger charge is -2.19. The van der Waals surface area contributed by atoms with Gasteiger partial charge in [0.05, 0.1) is 12.5 Å². The van der Waals surface area contributed by atoms with Gasteiger partial charge in [0.15, 0.2) is 0 Å². The van der Waals surface area contributed by atoms with Crippen molar-refractivity contribution in [2.24, 2.45) is 0 Å². The van der Waals surface area contributed by atoms with Gasteiger partial charge in [-0.15, -0.1) is 0 Å². The van der Waals surface area contributed by atoms with Gasteiger partial charge >= 0.3 is 0 Å². The second kappa shape index (κ2) is 5.90. The molecule has 1 aliphatic rings.